The molecule has 1 aromatic carbocycles. The van der Waals surface area contributed by atoms with E-state index in [1.807, 2.05) is 0 Å². The molecule has 0 amide bonds. The van der Waals surface area contributed by atoms with Crippen molar-refractivity contribution in [1.29, 1.82) is 0 Å². The molecule has 1 radical (unpaired) electrons. The third-order valence-electron chi connectivity index (χ3n) is 4.71. The van der Waals surface area contributed by atoms with Crippen LogP contribution < -0.4 is 0 Å². The highest BCUT2D eigenvalue weighted by molar-refractivity contribution is 5.82. The van der Waals surface area contributed by atoms with Crippen molar-refractivity contribution in [3.63, 3.8) is 0 Å². The Balaban J connectivity index is 1.79. The van der Waals surface area contributed by atoms with E-state index in [2.05, 4.69) is 62.4 Å². The van der Waals surface area contributed by atoms with Crippen molar-refractivity contribution in [2.24, 2.45) is 5.41 Å². The van der Waals surface area contributed by atoms with Crippen LogP contribution in [0.25, 0.3) is 6.08 Å². The Morgan fingerprint density at radius 3 is 2.58 bits per heavy atom. The maximum Gasteiger partial charge on any atom is 0.0421 e. The van der Waals surface area contributed by atoms with Crippen LogP contribution in [0.5, 0.6) is 0 Å². The summed E-state index contributed by atoms with van der Waals surface area (Å²) < 4.78 is 0. The van der Waals surface area contributed by atoms with E-state index in [1.54, 1.807) is 0 Å². The quantitative estimate of drug-likeness (QED) is 0.698. The molecule has 0 saturated heterocycles. The van der Waals surface area contributed by atoms with Crippen LogP contribution in [0.15, 0.2) is 65.3 Å². The largest absolute Gasteiger partial charge is 0.0955 e. The zero-order valence-electron chi connectivity index (χ0n) is 11.2. The molecular weight excluding hydrogens is 228 g/mol. The lowest BCUT2D eigenvalue weighted by atomic mass is 9.89. The Labute approximate surface area is 114 Å². The highest BCUT2D eigenvalue weighted by Crippen LogP contribution is 2.68. The van der Waals surface area contributed by atoms with Gasteiger partial charge in [-0.3, -0.25) is 0 Å². The van der Waals surface area contributed by atoms with Crippen LogP contribution in [-0.4, -0.2) is 0 Å². The normalized spacial score (nSPS) is 27.2. The van der Waals surface area contributed by atoms with Gasteiger partial charge in [-0.1, -0.05) is 61.6 Å². The predicted octanol–water partition coefficient (Wildman–Crippen LogP) is 4.86. The fourth-order valence-corrected chi connectivity index (χ4v) is 3.64. The summed E-state index contributed by atoms with van der Waals surface area (Å²) in [6, 6.07) is 8.64. The summed E-state index contributed by atoms with van der Waals surface area (Å²) in [5.41, 5.74) is 8.65. The van der Waals surface area contributed by atoms with Gasteiger partial charge in [0.15, 0.2) is 0 Å². The second kappa shape index (κ2) is 3.60. The third-order valence-corrected chi connectivity index (χ3v) is 4.71. The number of fused-ring (bicyclic) bond motifs is 2. The van der Waals surface area contributed by atoms with Crippen LogP contribution in [0.2, 0.25) is 0 Å². The van der Waals surface area contributed by atoms with Gasteiger partial charge in [-0.15, -0.1) is 0 Å². The standard InChI is InChI=1S/C19H17/c1-3-19(17-9-8-13(2)10-18(17)19)16-11-14-6-4-5-7-15(14)12-16/h4-7,9-12H,2-3,8H2,1H3. The van der Waals surface area contributed by atoms with Crippen molar-refractivity contribution >= 4 is 6.08 Å². The Morgan fingerprint density at radius 1 is 1.11 bits per heavy atom. The molecule has 0 heteroatoms. The molecule has 3 aliphatic carbocycles. The lowest BCUT2D eigenvalue weighted by Gasteiger charge is -2.13. The highest BCUT2D eigenvalue weighted by Gasteiger charge is 2.56. The van der Waals surface area contributed by atoms with Gasteiger partial charge in [0.05, 0.1) is 0 Å². The summed E-state index contributed by atoms with van der Waals surface area (Å²) in [5.74, 6) is 0. The topological polar surface area (TPSA) is 0 Å². The molecule has 1 aromatic rings. The fraction of sp³-hybridized carbons (Fsp3) is 0.211. The summed E-state index contributed by atoms with van der Waals surface area (Å²) in [6.45, 7) is 6.40. The van der Waals surface area contributed by atoms with E-state index in [0.29, 0.717) is 0 Å². The zero-order chi connectivity index (χ0) is 13.0. The SMILES string of the molecule is C=C1C=C2C(=CC1)C2(CC)C1=Cc2ccccc2[CH]1. The molecule has 0 bridgehead atoms. The van der Waals surface area contributed by atoms with Crippen molar-refractivity contribution < 1.29 is 0 Å². The molecule has 0 aromatic heterocycles. The third kappa shape index (κ3) is 1.35. The minimum Gasteiger partial charge on any atom is -0.0955 e. The van der Waals surface area contributed by atoms with Crippen LogP contribution in [0.4, 0.5) is 0 Å². The van der Waals surface area contributed by atoms with Crippen LogP contribution >= 0.6 is 0 Å². The van der Waals surface area contributed by atoms with E-state index in [1.165, 1.54) is 33.4 Å². The van der Waals surface area contributed by atoms with Crippen molar-refractivity contribution in [3.05, 3.63) is 82.8 Å². The number of hydrogen-bond acceptors (Lipinski definition) is 0. The van der Waals surface area contributed by atoms with Gasteiger partial charge >= 0.3 is 0 Å². The van der Waals surface area contributed by atoms with Gasteiger partial charge in [0.1, 0.15) is 0 Å². The van der Waals surface area contributed by atoms with Gasteiger partial charge in [0, 0.05) is 11.8 Å². The second-order valence-corrected chi connectivity index (χ2v) is 5.67. The number of hydrogen-bond donors (Lipinski definition) is 0. The Bertz CT molecular complexity index is 682. The van der Waals surface area contributed by atoms with E-state index in [-0.39, 0.29) is 5.41 Å². The zero-order valence-corrected chi connectivity index (χ0v) is 11.2. The number of allylic oxidation sites excluding steroid dienone is 6. The molecular formula is C19H17. The molecule has 0 spiro atoms. The summed E-state index contributed by atoms with van der Waals surface area (Å²) in [5, 5.41) is 0. The predicted molar refractivity (Wildman–Crippen MR) is 80.5 cm³/mol. The average Bonchev–Trinajstić information content (AvgIpc) is 2.86. The molecule has 1 saturated carbocycles. The maximum atomic E-state index is 4.11. The van der Waals surface area contributed by atoms with Crippen molar-refractivity contribution in [2.75, 3.05) is 0 Å². The summed E-state index contributed by atoms with van der Waals surface area (Å²) in [7, 11) is 0. The Morgan fingerprint density at radius 2 is 1.89 bits per heavy atom. The first kappa shape index (κ1) is 11.0. The minimum atomic E-state index is 0.193. The fourth-order valence-electron chi connectivity index (χ4n) is 3.64. The van der Waals surface area contributed by atoms with Gasteiger partial charge in [-0.2, -0.15) is 0 Å². The number of benzene rings is 1. The van der Waals surface area contributed by atoms with Gasteiger partial charge in [0.25, 0.3) is 0 Å². The second-order valence-electron chi connectivity index (χ2n) is 5.67. The molecule has 93 valence electrons. The molecule has 1 unspecified atom stereocenters. The smallest absolute Gasteiger partial charge is 0.0421 e. The van der Waals surface area contributed by atoms with E-state index >= 15 is 0 Å². The molecule has 3 aliphatic rings. The summed E-state index contributed by atoms with van der Waals surface area (Å²) >= 11 is 0. The summed E-state index contributed by atoms with van der Waals surface area (Å²) in [6.07, 6.45) is 11.6. The van der Waals surface area contributed by atoms with Gasteiger partial charge in [-0.25, -0.2) is 0 Å². The summed E-state index contributed by atoms with van der Waals surface area (Å²) in [4.78, 5) is 0. The monoisotopic (exact) mass is 245 g/mol. The molecule has 0 nitrogen and oxygen atoms in total. The van der Waals surface area contributed by atoms with Crippen molar-refractivity contribution in [2.45, 2.75) is 19.8 Å². The lowest BCUT2D eigenvalue weighted by molar-refractivity contribution is 0.667. The average molecular weight is 245 g/mol. The molecule has 4 rings (SSSR count). The van der Waals surface area contributed by atoms with Crippen LogP contribution in [-0.2, 0) is 0 Å². The molecule has 0 N–H and O–H groups in total. The van der Waals surface area contributed by atoms with E-state index in [0.717, 1.165) is 12.8 Å². The maximum absolute atomic E-state index is 4.11. The van der Waals surface area contributed by atoms with Crippen molar-refractivity contribution in [1.82, 2.24) is 0 Å². The van der Waals surface area contributed by atoms with Gasteiger partial charge in [-0.05, 0) is 40.7 Å². The van der Waals surface area contributed by atoms with E-state index in [4.69, 9.17) is 0 Å². The van der Waals surface area contributed by atoms with Crippen LogP contribution in [0, 0.1) is 11.8 Å². The first-order valence-electron chi connectivity index (χ1n) is 7.02. The molecule has 0 aliphatic heterocycles. The molecule has 1 fully saturated rings. The van der Waals surface area contributed by atoms with Crippen LogP contribution in [0.3, 0.4) is 0 Å². The van der Waals surface area contributed by atoms with Crippen molar-refractivity contribution in [3.8, 4) is 0 Å². The number of rotatable bonds is 2. The van der Waals surface area contributed by atoms with Gasteiger partial charge < -0.3 is 0 Å². The molecule has 19 heavy (non-hydrogen) atoms. The van der Waals surface area contributed by atoms with Crippen LogP contribution in [0.1, 0.15) is 30.9 Å². The minimum absolute atomic E-state index is 0.193. The molecule has 0 heterocycles. The van der Waals surface area contributed by atoms with Gasteiger partial charge in [0.2, 0.25) is 0 Å². The lowest BCUT2D eigenvalue weighted by Crippen LogP contribution is -2.03. The van der Waals surface area contributed by atoms with E-state index in [9.17, 15) is 0 Å². The first-order chi connectivity index (χ1) is 9.25. The first-order valence-corrected chi connectivity index (χ1v) is 7.02. The molecule has 1 atom stereocenters. The Kier molecular flexibility index (Phi) is 2.09. The Hall–Kier alpha value is -1.82. The van der Waals surface area contributed by atoms with E-state index < -0.39 is 0 Å². The highest BCUT2D eigenvalue weighted by atomic mass is 14.6.